The largest absolute Gasteiger partial charge is 0.354 e. The summed E-state index contributed by atoms with van der Waals surface area (Å²) in [6.07, 6.45) is 0. The first-order chi connectivity index (χ1) is 10.9. The van der Waals surface area contributed by atoms with E-state index >= 15 is 0 Å². The maximum absolute atomic E-state index is 11.6. The standard InChI is InChI=1S/C17H27N3O2S/c1-12(2)16(18)17(22)20-10-15(21)19-8-9-23-11-14-6-4-13(3)5-7-14/h4-7,12,16H,8-11,18H2,1-3H3,(H,19,21)(H,20,22)/t16-/m0/s1. The fourth-order valence-corrected chi connectivity index (χ4v) is 2.61. The van der Waals surface area contributed by atoms with E-state index in [0.29, 0.717) is 6.54 Å². The van der Waals surface area contributed by atoms with Crippen LogP contribution in [0, 0.1) is 12.8 Å². The van der Waals surface area contributed by atoms with Crippen molar-refractivity contribution in [2.24, 2.45) is 11.7 Å². The van der Waals surface area contributed by atoms with E-state index in [1.54, 1.807) is 11.8 Å². The van der Waals surface area contributed by atoms with E-state index < -0.39 is 6.04 Å². The third-order valence-corrected chi connectivity index (χ3v) is 4.43. The number of hydrogen-bond acceptors (Lipinski definition) is 4. The van der Waals surface area contributed by atoms with E-state index in [-0.39, 0.29) is 24.3 Å². The second kappa shape index (κ2) is 10.3. The Kier molecular flexibility index (Phi) is 8.73. The molecule has 5 nitrogen and oxygen atoms in total. The van der Waals surface area contributed by atoms with E-state index in [0.717, 1.165) is 11.5 Å². The van der Waals surface area contributed by atoms with Crippen LogP contribution in [0.1, 0.15) is 25.0 Å². The summed E-state index contributed by atoms with van der Waals surface area (Å²) in [6, 6.07) is 7.86. The third-order valence-electron chi connectivity index (χ3n) is 3.40. The van der Waals surface area contributed by atoms with Gasteiger partial charge in [0.1, 0.15) is 0 Å². The minimum atomic E-state index is -0.576. The molecule has 0 saturated heterocycles. The fourth-order valence-electron chi connectivity index (χ4n) is 1.79. The zero-order valence-corrected chi connectivity index (χ0v) is 14.9. The van der Waals surface area contributed by atoms with Crippen LogP contribution in [0.5, 0.6) is 0 Å². The molecule has 1 atom stereocenters. The molecule has 0 heterocycles. The van der Waals surface area contributed by atoms with Crippen LogP contribution in [0.4, 0.5) is 0 Å². The van der Waals surface area contributed by atoms with Gasteiger partial charge in [-0.25, -0.2) is 0 Å². The minimum Gasteiger partial charge on any atom is -0.354 e. The predicted octanol–water partition coefficient (Wildman–Crippen LogP) is 1.44. The van der Waals surface area contributed by atoms with Crippen LogP contribution in [-0.2, 0) is 15.3 Å². The van der Waals surface area contributed by atoms with Gasteiger partial charge in [-0.05, 0) is 18.4 Å². The number of aryl methyl sites for hydroxylation is 1. The molecule has 0 spiro atoms. The highest BCUT2D eigenvalue weighted by molar-refractivity contribution is 7.98. The number of hydrogen-bond donors (Lipinski definition) is 3. The summed E-state index contributed by atoms with van der Waals surface area (Å²) in [4.78, 5) is 23.3. The fraction of sp³-hybridized carbons (Fsp3) is 0.529. The molecule has 6 heteroatoms. The number of rotatable bonds is 9. The van der Waals surface area contributed by atoms with Crippen molar-refractivity contribution in [1.82, 2.24) is 10.6 Å². The highest BCUT2D eigenvalue weighted by Gasteiger charge is 2.17. The van der Waals surface area contributed by atoms with Crippen LogP contribution >= 0.6 is 11.8 Å². The lowest BCUT2D eigenvalue weighted by molar-refractivity contribution is -0.127. The molecule has 0 bridgehead atoms. The Labute approximate surface area is 142 Å². The number of carbonyl (C=O) groups is 2. The van der Waals surface area contributed by atoms with E-state index in [1.807, 2.05) is 13.8 Å². The van der Waals surface area contributed by atoms with E-state index in [1.165, 1.54) is 11.1 Å². The monoisotopic (exact) mass is 337 g/mol. The molecule has 128 valence electrons. The van der Waals surface area contributed by atoms with Crippen molar-refractivity contribution in [2.45, 2.75) is 32.6 Å². The van der Waals surface area contributed by atoms with Gasteiger partial charge in [-0.15, -0.1) is 0 Å². The zero-order valence-electron chi connectivity index (χ0n) is 14.1. The molecule has 4 N–H and O–H groups in total. The summed E-state index contributed by atoms with van der Waals surface area (Å²) >= 11 is 1.77. The molecule has 0 aliphatic rings. The molecular weight excluding hydrogens is 310 g/mol. The topological polar surface area (TPSA) is 84.2 Å². The average Bonchev–Trinajstić information content (AvgIpc) is 2.53. The summed E-state index contributed by atoms with van der Waals surface area (Å²) in [6.45, 7) is 6.37. The normalized spacial score (nSPS) is 12.0. The van der Waals surface area contributed by atoms with Crippen molar-refractivity contribution in [3.8, 4) is 0 Å². The molecule has 0 aliphatic carbocycles. The van der Waals surface area contributed by atoms with Gasteiger partial charge < -0.3 is 16.4 Å². The second-order valence-electron chi connectivity index (χ2n) is 5.88. The first-order valence-corrected chi connectivity index (χ1v) is 8.99. The smallest absolute Gasteiger partial charge is 0.239 e. The summed E-state index contributed by atoms with van der Waals surface area (Å²) in [5.41, 5.74) is 8.24. The molecule has 0 fully saturated rings. The van der Waals surface area contributed by atoms with Crippen LogP contribution in [0.2, 0.25) is 0 Å². The van der Waals surface area contributed by atoms with Crippen LogP contribution in [0.3, 0.4) is 0 Å². The number of nitrogens with two attached hydrogens (primary N) is 1. The summed E-state index contributed by atoms with van der Waals surface area (Å²) in [7, 11) is 0. The lowest BCUT2D eigenvalue weighted by atomic mass is 10.1. The first-order valence-electron chi connectivity index (χ1n) is 7.83. The number of thioether (sulfide) groups is 1. The summed E-state index contributed by atoms with van der Waals surface area (Å²) in [5.74, 6) is 1.33. The molecule has 1 rings (SSSR count). The van der Waals surface area contributed by atoms with Crippen molar-refractivity contribution in [2.75, 3.05) is 18.8 Å². The molecule has 2 amide bonds. The third kappa shape index (κ3) is 8.04. The van der Waals surface area contributed by atoms with Crippen molar-refractivity contribution in [3.63, 3.8) is 0 Å². The second-order valence-corrected chi connectivity index (χ2v) is 6.98. The average molecular weight is 337 g/mol. The Balaban J connectivity index is 2.10. The maximum atomic E-state index is 11.6. The lowest BCUT2D eigenvalue weighted by Crippen LogP contribution is -2.47. The van der Waals surface area contributed by atoms with Crippen molar-refractivity contribution in [1.29, 1.82) is 0 Å². The van der Waals surface area contributed by atoms with Gasteiger partial charge in [0.15, 0.2) is 0 Å². The van der Waals surface area contributed by atoms with Gasteiger partial charge in [0.2, 0.25) is 11.8 Å². The molecule has 0 radical (unpaired) electrons. The summed E-state index contributed by atoms with van der Waals surface area (Å²) in [5, 5.41) is 5.34. The molecule has 0 unspecified atom stereocenters. The number of benzene rings is 1. The number of amides is 2. The zero-order chi connectivity index (χ0) is 17.2. The highest BCUT2D eigenvalue weighted by Crippen LogP contribution is 2.12. The van der Waals surface area contributed by atoms with Crippen LogP contribution in [0.15, 0.2) is 24.3 Å². The van der Waals surface area contributed by atoms with Crippen molar-refractivity contribution < 1.29 is 9.59 Å². The van der Waals surface area contributed by atoms with E-state index in [9.17, 15) is 9.59 Å². The Bertz CT molecular complexity index is 503. The Morgan fingerprint density at radius 1 is 1.17 bits per heavy atom. The Hall–Kier alpha value is -1.53. The number of nitrogens with one attached hydrogen (secondary N) is 2. The molecule has 0 saturated carbocycles. The van der Waals surface area contributed by atoms with Crippen LogP contribution in [-0.4, -0.2) is 36.7 Å². The molecular formula is C17H27N3O2S. The molecule has 0 aromatic heterocycles. The Morgan fingerprint density at radius 2 is 1.83 bits per heavy atom. The highest BCUT2D eigenvalue weighted by atomic mass is 32.2. The Morgan fingerprint density at radius 3 is 2.43 bits per heavy atom. The van der Waals surface area contributed by atoms with Crippen molar-refractivity contribution >= 4 is 23.6 Å². The SMILES string of the molecule is Cc1ccc(CSCCNC(=O)CNC(=O)[C@@H](N)C(C)C)cc1. The van der Waals surface area contributed by atoms with Crippen LogP contribution in [0.25, 0.3) is 0 Å². The summed E-state index contributed by atoms with van der Waals surface area (Å²) < 4.78 is 0. The van der Waals surface area contributed by atoms with Gasteiger partial charge in [-0.1, -0.05) is 43.7 Å². The maximum Gasteiger partial charge on any atom is 0.239 e. The van der Waals surface area contributed by atoms with Gasteiger partial charge in [-0.3, -0.25) is 9.59 Å². The first kappa shape index (κ1) is 19.5. The van der Waals surface area contributed by atoms with Gasteiger partial charge >= 0.3 is 0 Å². The van der Waals surface area contributed by atoms with Crippen LogP contribution < -0.4 is 16.4 Å². The molecule has 1 aromatic carbocycles. The van der Waals surface area contributed by atoms with Gasteiger partial charge in [-0.2, -0.15) is 11.8 Å². The van der Waals surface area contributed by atoms with E-state index in [2.05, 4.69) is 41.8 Å². The molecule has 0 aliphatic heterocycles. The predicted molar refractivity (Wildman–Crippen MR) is 96.2 cm³/mol. The number of carbonyl (C=O) groups excluding carboxylic acids is 2. The minimum absolute atomic E-state index is 0.0259. The van der Waals surface area contributed by atoms with Crippen molar-refractivity contribution in [3.05, 3.63) is 35.4 Å². The lowest BCUT2D eigenvalue weighted by Gasteiger charge is -2.15. The van der Waals surface area contributed by atoms with Gasteiger partial charge in [0.05, 0.1) is 12.6 Å². The van der Waals surface area contributed by atoms with Gasteiger partial charge in [0.25, 0.3) is 0 Å². The molecule has 1 aromatic rings. The van der Waals surface area contributed by atoms with Gasteiger partial charge in [0, 0.05) is 18.1 Å². The quantitative estimate of drug-likeness (QED) is 0.596. The van der Waals surface area contributed by atoms with E-state index in [4.69, 9.17) is 5.73 Å². The molecule has 23 heavy (non-hydrogen) atoms.